The highest BCUT2D eigenvalue weighted by atomic mass is 32.2. The smallest absolute Gasteiger partial charge is 0.149 e. The summed E-state index contributed by atoms with van der Waals surface area (Å²) < 4.78 is 24.8. The Kier molecular flexibility index (Phi) is 5.42. The predicted octanol–water partition coefficient (Wildman–Crippen LogP) is 2.23. The van der Waals surface area contributed by atoms with Crippen molar-refractivity contribution in [2.45, 2.75) is 25.8 Å². The molecule has 5 heteroatoms. The zero-order valence-corrected chi connectivity index (χ0v) is 13.6. The monoisotopic (exact) mass is 308 g/mol. The Morgan fingerprint density at radius 1 is 1.19 bits per heavy atom. The maximum Gasteiger partial charge on any atom is 0.149 e. The van der Waals surface area contributed by atoms with Gasteiger partial charge in [0, 0.05) is 29.9 Å². The molecule has 116 valence electrons. The van der Waals surface area contributed by atoms with Crippen LogP contribution in [-0.2, 0) is 22.8 Å². The van der Waals surface area contributed by atoms with E-state index in [9.17, 15) is 8.42 Å². The molecule has 0 aliphatic heterocycles. The quantitative estimate of drug-likeness (QED) is 0.761. The number of sulfone groups is 1. The van der Waals surface area contributed by atoms with Crippen molar-refractivity contribution in [2.24, 2.45) is 0 Å². The summed E-state index contributed by atoms with van der Waals surface area (Å²) in [5.41, 5.74) is 2.44. The first-order valence-electron chi connectivity index (χ1n) is 7.40. The standard InChI is InChI=1S/C16H24N2O2S/c1-17-10-6-5-7-14-13-18(11-12-21(2,19)20)16-9-4-3-8-15(14)16/h3-4,8-9,13,17H,5-7,10-12H2,1-2H3. The van der Waals surface area contributed by atoms with Gasteiger partial charge in [-0.3, -0.25) is 0 Å². The van der Waals surface area contributed by atoms with Gasteiger partial charge >= 0.3 is 0 Å². The molecule has 1 aromatic carbocycles. The minimum Gasteiger partial charge on any atom is -0.346 e. The van der Waals surface area contributed by atoms with Crippen LogP contribution in [0.3, 0.4) is 0 Å². The molecular formula is C16H24N2O2S. The summed E-state index contributed by atoms with van der Waals surface area (Å²) >= 11 is 0. The van der Waals surface area contributed by atoms with Crippen molar-refractivity contribution in [1.29, 1.82) is 0 Å². The number of hydrogen-bond acceptors (Lipinski definition) is 3. The zero-order valence-electron chi connectivity index (χ0n) is 12.8. The maximum atomic E-state index is 11.4. The number of benzene rings is 1. The molecule has 0 saturated carbocycles. The molecule has 1 heterocycles. The van der Waals surface area contributed by atoms with E-state index in [1.807, 2.05) is 19.2 Å². The third kappa shape index (κ3) is 4.58. The van der Waals surface area contributed by atoms with Crippen LogP contribution < -0.4 is 5.32 Å². The first-order valence-corrected chi connectivity index (χ1v) is 9.46. The van der Waals surface area contributed by atoms with Crippen LogP contribution >= 0.6 is 0 Å². The molecule has 0 aliphatic carbocycles. The van der Waals surface area contributed by atoms with E-state index in [1.165, 1.54) is 17.2 Å². The molecule has 0 radical (unpaired) electrons. The second-order valence-corrected chi connectivity index (χ2v) is 7.82. The van der Waals surface area contributed by atoms with Gasteiger partial charge in [-0.15, -0.1) is 0 Å². The fourth-order valence-electron chi connectivity index (χ4n) is 2.59. The summed E-state index contributed by atoms with van der Waals surface area (Å²) in [5, 5.41) is 4.41. The summed E-state index contributed by atoms with van der Waals surface area (Å²) in [4.78, 5) is 0. The molecule has 1 N–H and O–H groups in total. The first kappa shape index (κ1) is 16.0. The summed E-state index contributed by atoms with van der Waals surface area (Å²) in [6.45, 7) is 1.56. The van der Waals surface area contributed by atoms with E-state index in [0.717, 1.165) is 31.3 Å². The highest BCUT2D eigenvalue weighted by Gasteiger charge is 2.09. The van der Waals surface area contributed by atoms with Gasteiger partial charge in [0.1, 0.15) is 9.84 Å². The molecular weight excluding hydrogens is 284 g/mol. The molecule has 4 nitrogen and oxygen atoms in total. The zero-order chi connectivity index (χ0) is 15.3. The number of nitrogens with zero attached hydrogens (tertiary/aromatic N) is 1. The topological polar surface area (TPSA) is 51.1 Å². The van der Waals surface area contributed by atoms with Gasteiger partial charge in [-0.2, -0.15) is 0 Å². The average molecular weight is 308 g/mol. The van der Waals surface area contributed by atoms with Crippen LogP contribution in [0.25, 0.3) is 10.9 Å². The second kappa shape index (κ2) is 7.09. The molecule has 0 fully saturated rings. The lowest BCUT2D eigenvalue weighted by atomic mass is 10.1. The number of unbranched alkanes of at least 4 members (excludes halogenated alkanes) is 1. The van der Waals surface area contributed by atoms with E-state index in [4.69, 9.17) is 0 Å². The number of fused-ring (bicyclic) bond motifs is 1. The van der Waals surface area contributed by atoms with Crippen LogP contribution in [0.2, 0.25) is 0 Å². The molecule has 2 rings (SSSR count). The first-order chi connectivity index (χ1) is 10.0. The second-order valence-electron chi connectivity index (χ2n) is 5.56. The Morgan fingerprint density at radius 3 is 2.67 bits per heavy atom. The van der Waals surface area contributed by atoms with Gasteiger partial charge in [0.05, 0.1) is 5.75 Å². The van der Waals surface area contributed by atoms with Gasteiger partial charge in [-0.05, 0) is 44.5 Å². The lowest BCUT2D eigenvalue weighted by Gasteiger charge is -2.03. The van der Waals surface area contributed by atoms with Crippen LogP contribution in [0.1, 0.15) is 18.4 Å². The Bertz CT molecular complexity index is 689. The Labute approximate surface area is 127 Å². The number of nitrogens with one attached hydrogen (secondary N) is 1. The van der Waals surface area contributed by atoms with Crippen molar-refractivity contribution in [3.63, 3.8) is 0 Å². The van der Waals surface area contributed by atoms with Crippen LogP contribution in [-0.4, -0.2) is 38.6 Å². The SMILES string of the molecule is CNCCCCc1cn(CCS(C)(=O)=O)c2ccccc12. The number of aromatic nitrogens is 1. The number of rotatable bonds is 8. The minimum atomic E-state index is -2.94. The third-order valence-corrected chi connectivity index (χ3v) is 4.62. The lowest BCUT2D eigenvalue weighted by Crippen LogP contribution is -2.10. The Hall–Kier alpha value is -1.33. The van der Waals surface area contributed by atoms with Crippen molar-refractivity contribution >= 4 is 20.7 Å². The van der Waals surface area contributed by atoms with Crippen molar-refractivity contribution < 1.29 is 8.42 Å². The Balaban J connectivity index is 2.18. The van der Waals surface area contributed by atoms with E-state index >= 15 is 0 Å². The fraction of sp³-hybridized carbons (Fsp3) is 0.500. The minimum absolute atomic E-state index is 0.185. The van der Waals surface area contributed by atoms with Gasteiger partial charge in [0.25, 0.3) is 0 Å². The summed E-state index contributed by atoms with van der Waals surface area (Å²) in [7, 11) is -0.966. The maximum absolute atomic E-state index is 11.4. The molecule has 0 spiro atoms. The van der Waals surface area contributed by atoms with Crippen LogP contribution in [0.15, 0.2) is 30.5 Å². The fourth-order valence-corrected chi connectivity index (χ4v) is 3.12. The molecule has 0 aliphatic rings. The molecule has 2 aromatic rings. The van der Waals surface area contributed by atoms with Gasteiger partial charge in [0.15, 0.2) is 0 Å². The molecule has 0 bridgehead atoms. The third-order valence-electron chi connectivity index (χ3n) is 3.70. The van der Waals surface area contributed by atoms with E-state index in [0.29, 0.717) is 6.54 Å². The summed E-state index contributed by atoms with van der Waals surface area (Å²) in [6, 6.07) is 8.23. The highest BCUT2D eigenvalue weighted by molar-refractivity contribution is 7.90. The average Bonchev–Trinajstić information content (AvgIpc) is 2.79. The predicted molar refractivity (Wildman–Crippen MR) is 88.5 cm³/mol. The van der Waals surface area contributed by atoms with Gasteiger partial charge in [-0.25, -0.2) is 8.42 Å². The molecule has 1 aromatic heterocycles. The van der Waals surface area contributed by atoms with E-state index in [-0.39, 0.29) is 5.75 Å². The van der Waals surface area contributed by atoms with Gasteiger partial charge in [-0.1, -0.05) is 18.2 Å². The molecule has 21 heavy (non-hydrogen) atoms. The Morgan fingerprint density at radius 2 is 1.95 bits per heavy atom. The van der Waals surface area contributed by atoms with Crippen LogP contribution in [0.4, 0.5) is 0 Å². The van der Waals surface area contributed by atoms with E-state index in [1.54, 1.807) is 0 Å². The molecule has 0 unspecified atom stereocenters. The normalized spacial score (nSPS) is 12.1. The van der Waals surface area contributed by atoms with Gasteiger partial charge in [0.2, 0.25) is 0 Å². The van der Waals surface area contributed by atoms with E-state index in [2.05, 4.69) is 28.2 Å². The molecule has 0 amide bonds. The molecule has 0 atom stereocenters. The molecule has 0 saturated heterocycles. The van der Waals surface area contributed by atoms with Crippen LogP contribution in [0, 0.1) is 0 Å². The van der Waals surface area contributed by atoms with Crippen LogP contribution in [0.5, 0.6) is 0 Å². The van der Waals surface area contributed by atoms with E-state index < -0.39 is 9.84 Å². The summed E-state index contributed by atoms with van der Waals surface area (Å²) in [6.07, 6.45) is 6.74. The van der Waals surface area contributed by atoms with Crippen molar-refractivity contribution in [3.8, 4) is 0 Å². The lowest BCUT2D eigenvalue weighted by molar-refractivity contribution is 0.595. The largest absolute Gasteiger partial charge is 0.346 e. The highest BCUT2D eigenvalue weighted by Crippen LogP contribution is 2.23. The van der Waals surface area contributed by atoms with Crippen molar-refractivity contribution in [1.82, 2.24) is 9.88 Å². The van der Waals surface area contributed by atoms with Crippen molar-refractivity contribution in [3.05, 3.63) is 36.0 Å². The van der Waals surface area contributed by atoms with Crippen molar-refractivity contribution in [2.75, 3.05) is 25.6 Å². The number of hydrogen-bond donors (Lipinski definition) is 1. The number of para-hydroxylation sites is 1. The number of aryl methyl sites for hydroxylation is 2. The summed E-state index contributed by atoms with van der Waals surface area (Å²) in [5.74, 6) is 0.185. The van der Waals surface area contributed by atoms with Gasteiger partial charge < -0.3 is 9.88 Å².